The smallest absolute Gasteiger partial charge is 0.315 e. The molecule has 2 N–H and O–H groups in total. The minimum atomic E-state index is -0.260. The molecule has 2 fully saturated rings. The number of piperidine rings is 1. The summed E-state index contributed by atoms with van der Waals surface area (Å²) < 4.78 is 6.92. The molecule has 2 amide bonds. The number of ether oxygens (including phenoxy) is 1. The summed E-state index contributed by atoms with van der Waals surface area (Å²) in [5.41, 5.74) is 7.60. The van der Waals surface area contributed by atoms with Gasteiger partial charge in [-0.25, -0.2) is 9.78 Å². The number of rotatable bonds is 5. The molecule has 0 unspecified atom stereocenters. The van der Waals surface area contributed by atoms with Gasteiger partial charge in [0.2, 0.25) is 0 Å². The molecule has 156 valence electrons. The number of likely N-dealkylation sites (tertiary alicyclic amines) is 1. The number of carbonyl (C=O) groups excluding carboxylic acids is 1. The first-order valence-corrected chi connectivity index (χ1v) is 11.3. The van der Waals surface area contributed by atoms with Crippen LogP contribution in [0.4, 0.5) is 4.79 Å². The van der Waals surface area contributed by atoms with Crippen molar-refractivity contribution in [3.05, 3.63) is 48.2 Å². The Kier molecular flexibility index (Phi) is 5.26. The van der Waals surface area contributed by atoms with E-state index in [0.29, 0.717) is 5.19 Å². The predicted octanol–water partition coefficient (Wildman–Crippen LogP) is 3.64. The summed E-state index contributed by atoms with van der Waals surface area (Å²) in [4.78, 5) is 24.8. The van der Waals surface area contributed by atoms with Crippen molar-refractivity contribution in [3.63, 3.8) is 0 Å². The Labute approximate surface area is 179 Å². The SMILES string of the molecule is NC(=O)N1[C@@H]2CCC[C@H]1CN(CCc1ccc(Oc3nc4ncccc4s3)cc1)C2. The van der Waals surface area contributed by atoms with E-state index >= 15 is 0 Å². The van der Waals surface area contributed by atoms with Crippen molar-refractivity contribution in [3.8, 4) is 10.9 Å². The maximum atomic E-state index is 11.8. The Balaban J connectivity index is 1.17. The predicted molar refractivity (Wildman–Crippen MR) is 117 cm³/mol. The number of nitrogens with two attached hydrogens (primary N) is 1. The fourth-order valence-corrected chi connectivity index (χ4v) is 5.44. The van der Waals surface area contributed by atoms with Crippen LogP contribution in [0, 0.1) is 0 Å². The Hall–Kier alpha value is -2.71. The first-order valence-electron chi connectivity index (χ1n) is 10.4. The van der Waals surface area contributed by atoms with Crippen LogP contribution in [-0.2, 0) is 6.42 Å². The lowest BCUT2D eigenvalue weighted by molar-refractivity contribution is 0.0228. The average Bonchev–Trinajstić information content (AvgIpc) is 3.14. The first-order chi connectivity index (χ1) is 14.7. The molecule has 0 radical (unpaired) electrons. The number of urea groups is 1. The number of hydrogen-bond donors (Lipinski definition) is 1. The van der Waals surface area contributed by atoms with Crippen molar-refractivity contribution in [2.45, 2.75) is 37.8 Å². The van der Waals surface area contributed by atoms with E-state index in [1.165, 1.54) is 23.3 Å². The summed E-state index contributed by atoms with van der Waals surface area (Å²) in [6.07, 6.45) is 6.02. The fourth-order valence-electron chi connectivity index (χ4n) is 4.64. The van der Waals surface area contributed by atoms with Gasteiger partial charge in [0.05, 0.1) is 4.70 Å². The monoisotopic (exact) mass is 423 g/mol. The van der Waals surface area contributed by atoms with Crippen molar-refractivity contribution in [1.29, 1.82) is 0 Å². The topological polar surface area (TPSA) is 84.6 Å². The number of fused-ring (bicyclic) bond motifs is 3. The summed E-state index contributed by atoms with van der Waals surface area (Å²) in [6, 6.07) is 12.4. The first kappa shape index (κ1) is 19.3. The maximum Gasteiger partial charge on any atom is 0.315 e. The molecule has 7 nitrogen and oxygen atoms in total. The second-order valence-electron chi connectivity index (χ2n) is 8.04. The minimum absolute atomic E-state index is 0.260. The highest BCUT2D eigenvalue weighted by atomic mass is 32.1. The van der Waals surface area contributed by atoms with Crippen LogP contribution in [0.5, 0.6) is 10.9 Å². The molecule has 2 aliphatic rings. The molecule has 5 rings (SSSR count). The van der Waals surface area contributed by atoms with Crippen LogP contribution in [0.3, 0.4) is 0 Å². The Morgan fingerprint density at radius 2 is 1.93 bits per heavy atom. The summed E-state index contributed by atoms with van der Waals surface area (Å²) >= 11 is 1.50. The van der Waals surface area contributed by atoms with Crippen molar-refractivity contribution in [2.24, 2.45) is 5.73 Å². The van der Waals surface area contributed by atoms with E-state index in [9.17, 15) is 4.79 Å². The molecule has 2 aromatic heterocycles. The number of hydrogen-bond acceptors (Lipinski definition) is 6. The van der Waals surface area contributed by atoms with Crippen LogP contribution < -0.4 is 10.5 Å². The summed E-state index contributed by atoms with van der Waals surface area (Å²) in [6.45, 7) is 2.84. The molecular weight excluding hydrogens is 398 g/mol. The van der Waals surface area contributed by atoms with Crippen LogP contribution in [-0.4, -0.2) is 57.5 Å². The third-order valence-electron chi connectivity index (χ3n) is 6.04. The molecule has 2 bridgehead atoms. The average molecular weight is 424 g/mol. The van der Waals surface area contributed by atoms with E-state index in [4.69, 9.17) is 10.5 Å². The zero-order chi connectivity index (χ0) is 20.5. The molecule has 3 aromatic rings. The van der Waals surface area contributed by atoms with Crippen LogP contribution in [0.25, 0.3) is 10.3 Å². The lowest BCUT2D eigenvalue weighted by Gasteiger charge is -2.49. The highest BCUT2D eigenvalue weighted by Gasteiger charge is 2.38. The summed E-state index contributed by atoms with van der Waals surface area (Å²) in [5, 5.41) is 0.607. The van der Waals surface area contributed by atoms with E-state index in [-0.39, 0.29) is 18.1 Å². The maximum absolute atomic E-state index is 11.8. The zero-order valence-electron chi connectivity index (χ0n) is 16.7. The van der Waals surface area contributed by atoms with Gasteiger partial charge in [0.15, 0.2) is 5.65 Å². The minimum Gasteiger partial charge on any atom is -0.431 e. The van der Waals surface area contributed by atoms with Gasteiger partial charge in [-0.2, -0.15) is 4.98 Å². The standard InChI is InChI=1S/C22H25N5O2S/c23-21(28)27-16-3-1-4-17(27)14-26(13-16)12-10-15-6-8-18(9-7-15)29-22-25-20-19(30-22)5-2-11-24-20/h2,5-9,11,16-17H,1,3-4,10,12-14H2,(H2,23,28)/t16-,17+. The molecule has 0 aliphatic carbocycles. The van der Waals surface area contributed by atoms with Crippen LogP contribution in [0.1, 0.15) is 24.8 Å². The van der Waals surface area contributed by atoms with Crippen molar-refractivity contribution < 1.29 is 9.53 Å². The van der Waals surface area contributed by atoms with Gasteiger partial charge in [0.1, 0.15) is 5.75 Å². The highest BCUT2D eigenvalue weighted by molar-refractivity contribution is 7.20. The number of primary amides is 1. The second kappa shape index (κ2) is 8.20. The molecule has 30 heavy (non-hydrogen) atoms. The van der Waals surface area contributed by atoms with Crippen molar-refractivity contribution >= 4 is 27.7 Å². The van der Waals surface area contributed by atoms with Gasteiger partial charge in [-0.1, -0.05) is 23.5 Å². The molecule has 4 heterocycles. The molecule has 2 aliphatic heterocycles. The zero-order valence-corrected chi connectivity index (χ0v) is 17.6. The summed E-state index contributed by atoms with van der Waals surface area (Å²) in [5.74, 6) is 0.780. The molecule has 2 saturated heterocycles. The van der Waals surface area contributed by atoms with Crippen LogP contribution in [0.15, 0.2) is 42.6 Å². The van der Waals surface area contributed by atoms with E-state index in [1.807, 2.05) is 29.2 Å². The molecule has 2 atom stereocenters. The van der Waals surface area contributed by atoms with Crippen LogP contribution in [0.2, 0.25) is 0 Å². The molecule has 0 saturated carbocycles. The largest absolute Gasteiger partial charge is 0.431 e. The number of piperazine rings is 1. The van der Waals surface area contributed by atoms with Gasteiger partial charge in [-0.15, -0.1) is 0 Å². The molecular formula is C22H25N5O2S. The van der Waals surface area contributed by atoms with Crippen LogP contribution >= 0.6 is 11.3 Å². The lowest BCUT2D eigenvalue weighted by atomic mass is 9.91. The summed E-state index contributed by atoms with van der Waals surface area (Å²) in [7, 11) is 0. The van der Waals surface area contributed by atoms with Gasteiger partial charge < -0.3 is 15.4 Å². The highest BCUT2D eigenvalue weighted by Crippen LogP contribution is 2.31. The van der Waals surface area contributed by atoms with E-state index < -0.39 is 0 Å². The van der Waals surface area contributed by atoms with Crippen molar-refractivity contribution in [2.75, 3.05) is 19.6 Å². The fraction of sp³-hybridized carbons (Fsp3) is 0.409. The number of thiazole rings is 1. The number of benzene rings is 1. The number of pyridine rings is 1. The van der Waals surface area contributed by atoms with E-state index in [0.717, 1.165) is 55.0 Å². The number of carbonyl (C=O) groups is 1. The Morgan fingerprint density at radius 1 is 1.17 bits per heavy atom. The number of aromatic nitrogens is 2. The van der Waals surface area contributed by atoms with Crippen molar-refractivity contribution in [1.82, 2.24) is 19.8 Å². The second-order valence-corrected chi connectivity index (χ2v) is 9.04. The number of nitrogens with zero attached hydrogens (tertiary/aromatic N) is 4. The third kappa shape index (κ3) is 3.97. The molecule has 8 heteroatoms. The van der Waals surface area contributed by atoms with E-state index in [2.05, 4.69) is 27.0 Å². The third-order valence-corrected chi connectivity index (χ3v) is 6.93. The van der Waals surface area contributed by atoms with Gasteiger partial charge in [-0.05, 0) is 55.5 Å². The molecule has 0 spiro atoms. The normalized spacial score (nSPS) is 21.7. The van der Waals surface area contributed by atoms with Gasteiger partial charge in [0.25, 0.3) is 5.19 Å². The van der Waals surface area contributed by atoms with Gasteiger partial charge >= 0.3 is 6.03 Å². The van der Waals surface area contributed by atoms with E-state index in [1.54, 1.807) is 6.20 Å². The van der Waals surface area contributed by atoms with Gasteiger partial charge in [0, 0.05) is 37.9 Å². The quantitative estimate of drug-likeness (QED) is 0.677. The number of amides is 2. The van der Waals surface area contributed by atoms with Gasteiger partial charge in [-0.3, -0.25) is 4.90 Å². The lowest BCUT2D eigenvalue weighted by Crippen LogP contribution is -2.63. The Morgan fingerprint density at radius 3 is 2.63 bits per heavy atom. The Bertz CT molecular complexity index is 990. The molecule has 1 aromatic carbocycles.